The molecule has 4 aromatic rings. The third kappa shape index (κ3) is 5.77. The molecule has 0 saturated heterocycles. The molecule has 3 aromatic heterocycles. The van der Waals surface area contributed by atoms with Crippen LogP contribution in [0.3, 0.4) is 0 Å². The lowest BCUT2D eigenvalue weighted by Crippen LogP contribution is -2.20. The fourth-order valence-electron chi connectivity index (χ4n) is 3.11. The molecule has 4 rings (SSSR count). The molecule has 1 aromatic carbocycles. The number of carbonyl (C=O) groups is 2. The van der Waals surface area contributed by atoms with Gasteiger partial charge in [0, 0.05) is 47.0 Å². The first-order valence-corrected chi connectivity index (χ1v) is 10.7. The Labute approximate surface area is 200 Å². The second-order valence-corrected chi connectivity index (χ2v) is 8.65. The van der Waals surface area contributed by atoms with E-state index in [1.165, 1.54) is 6.20 Å². The number of anilines is 3. The number of amides is 3. The number of aromatic nitrogens is 4. The number of aromatic amines is 1. The summed E-state index contributed by atoms with van der Waals surface area (Å²) in [7, 11) is 0. The van der Waals surface area contributed by atoms with E-state index in [1.54, 1.807) is 54.9 Å². The zero-order chi connectivity index (χ0) is 25.0. The number of nitrogens with zero attached hydrogens (tertiary/aromatic N) is 3. The van der Waals surface area contributed by atoms with Crippen LogP contribution in [0.25, 0.3) is 11.3 Å². The van der Waals surface area contributed by atoms with Crippen molar-refractivity contribution in [2.45, 2.75) is 26.2 Å². The summed E-state index contributed by atoms with van der Waals surface area (Å²) in [4.78, 5) is 47.1. The van der Waals surface area contributed by atoms with Crippen LogP contribution >= 0.6 is 0 Å². The first-order chi connectivity index (χ1) is 16.7. The number of carbonyl (C=O) groups excluding carboxylic acids is 2. The van der Waals surface area contributed by atoms with Gasteiger partial charge in [-0.1, -0.05) is 25.9 Å². The molecule has 3 heterocycles. The van der Waals surface area contributed by atoms with E-state index >= 15 is 0 Å². The maximum atomic E-state index is 12.9. The molecule has 11 heteroatoms. The quantitative estimate of drug-likeness (QED) is 0.341. The van der Waals surface area contributed by atoms with Gasteiger partial charge < -0.3 is 20.1 Å². The summed E-state index contributed by atoms with van der Waals surface area (Å²) < 4.78 is 5.25. The van der Waals surface area contributed by atoms with Crippen molar-refractivity contribution in [2.24, 2.45) is 0 Å². The van der Waals surface area contributed by atoms with Crippen molar-refractivity contribution in [3.63, 3.8) is 0 Å². The number of pyridine rings is 1. The average molecular weight is 473 g/mol. The van der Waals surface area contributed by atoms with E-state index in [-0.39, 0.29) is 11.0 Å². The van der Waals surface area contributed by atoms with Crippen LogP contribution in [-0.2, 0) is 5.41 Å². The van der Waals surface area contributed by atoms with Gasteiger partial charge in [-0.3, -0.25) is 15.1 Å². The molecule has 0 radical (unpaired) electrons. The Morgan fingerprint density at radius 2 is 1.60 bits per heavy atom. The molecule has 0 bridgehead atoms. The summed E-state index contributed by atoms with van der Waals surface area (Å²) >= 11 is 0. The Morgan fingerprint density at radius 1 is 0.943 bits per heavy atom. The summed E-state index contributed by atoms with van der Waals surface area (Å²) in [6.45, 7) is 5.93. The van der Waals surface area contributed by atoms with Crippen LogP contribution < -0.4 is 21.6 Å². The Balaban J connectivity index is 1.41. The first kappa shape index (κ1) is 23.4. The fourth-order valence-corrected chi connectivity index (χ4v) is 3.11. The molecule has 0 saturated carbocycles. The van der Waals surface area contributed by atoms with Gasteiger partial charge in [-0.25, -0.2) is 14.6 Å². The minimum Gasteiger partial charge on any atom is -0.359 e. The Morgan fingerprint density at radius 3 is 2.23 bits per heavy atom. The predicted octanol–water partition coefficient (Wildman–Crippen LogP) is 4.01. The maximum absolute atomic E-state index is 12.9. The van der Waals surface area contributed by atoms with Crippen LogP contribution in [0.4, 0.5) is 22.0 Å². The number of hydrogen-bond donors (Lipinski definition) is 4. The largest absolute Gasteiger partial charge is 0.359 e. The van der Waals surface area contributed by atoms with Gasteiger partial charge in [0.15, 0.2) is 5.82 Å². The van der Waals surface area contributed by atoms with E-state index in [9.17, 15) is 14.4 Å². The molecule has 178 valence electrons. The van der Waals surface area contributed by atoms with Gasteiger partial charge in [0.25, 0.3) is 5.91 Å². The first-order valence-electron chi connectivity index (χ1n) is 10.7. The summed E-state index contributed by atoms with van der Waals surface area (Å²) in [6, 6.07) is 11.1. The lowest BCUT2D eigenvalue weighted by atomic mass is 9.93. The number of urea groups is 1. The van der Waals surface area contributed by atoms with Crippen molar-refractivity contribution >= 4 is 29.1 Å². The molecule has 0 unspecified atom stereocenters. The SMILES string of the molecule is CC(C)(C)c1cc(NC(=O)Nc2ccc(NC(=O)c3cnc(=O)[nH]c3-c3ccncc3)cc2)no1. The van der Waals surface area contributed by atoms with Crippen LogP contribution in [-0.4, -0.2) is 32.0 Å². The van der Waals surface area contributed by atoms with E-state index < -0.39 is 17.6 Å². The number of rotatable bonds is 5. The normalized spacial score (nSPS) is 11.1. The smallest absolute Gasteiger partial charge is 0.345 e. The van der Waals surface area contributed by atoms with Crippen molar-refractivity contribution in [3.05, 3.63) is 82.9 Å². The number of hydrogen-bond acceptors (Lipinski definition) is 7. The van der Waals surface area contributed by atoms with Crippen LogP contribution in [0.15, 0.2) is 70.4 Å². The zero-order valence-corrected chi connectivity index (χ0v) is 19.2. The van der Waals surface area contributed by atoms with Crippen molar-refractivity contribution in [1.82, 2.24) is 20.1 Å². The van der Waals surface area contributed by atoms with E-state index in [0.29, 0.717) is 34.2 Å². The monoisotopic (exact) mass is 473 g/mol. The summed E-state index contributed by atoms with van der Waals surface area (Å²) in [6.07, 6.45) is 4.34. The molecule has 0 aliphatic heterocycles. The molecule has 0 spiro atoms. The minimum atomic E-state index is -0.567. The van der Waals surface area contributed by atoms with Gasteiger partial charge in [0.2, 0.25) is 0 Å². The molecule has 35 heavy (non-hydrogen) atoms. The third-order valence-electron chi connectivity index (χ3n) is 4.92. The van der Waals surface area contributed by atoms with Crippen molar-refractivity contribution < 1.29 is 14.1 Å². The summed E-state index contributed by atoms with van der Waals surface area (Å²) in [5.74, 6) is 0.494. The van der Waals surface area contributed by atoms with Crippen molar-refractivity contribution in [1.29, 1.82) is 0 Å². The lowest BCUT2D eigenvalue weighted by molar-refractivity contribution is 0.102. The molecule has 11 nitrogen and oxygen atoms in total. The number of nitrogens with one attached hydrogen (secondary N) is 4. The standard InChI is InChI=1S/C24H23N7O4/c1-24(2,3)18-12-19(31-35-18)29-23(34)28-16-6-4-15(5-7-16)27-21(32)17-13-26-22(33)30-20(17)14-8-10-25-11-9-14/h4-13H,1-3H3,(H,27,32)(H,26,30,33)(H2,28,29,31,34). The molecule has 0 aliphatic rings. The highest BCUT2D eigenvalue weighted by Gasteiger charge is 2.20. The number of H-pyrrole nitrogens is 1. The Bertz CT molecular complexity index is 1400. The van der Waals surface area contributed by atoms with E-state index in [2.05, 4.69) is 36.1 Å². The van der Waals surface area contributed by atoms with Gasteiger partial charge in [-0.2, -0.15) is 0 Å². The van der Waals surface area contributed by atoms with Crippen molar-refractivity contribution in [3.8, 4) is 11.3 Å². The van der Waals surface area contributed by atoms with Crippen molar-refractivity contribution in [2.75, 3.05) is 16.0 Å². The zero-order valence-electron chi connectivity index (χ0n) is 19.2. The van der Waals surface area contributed by atoms with Gasteiger partial charge >= 0.3 is 11.7 Å². The highest BCUT2D eigenvalue weighted by atomic mass is 16.5. The second kappa shape index (κ2) is 9.59. The topological polar surface area (TPSA) is 155 Å². The van der Waals surface area contributed by atoms with Crippen LogP contribution in [0.5, 0.6) is 0 Å². The lowest BCUT2D eigenvalue weighted by Gasteiger charge is -2.12. The molecule has 0 fully saturated rings. The Kier molecular flexibility index (Phi) is 6.40. The van der Waals surface area contributed by atoms with Crippen LogP contribution in [0.2, 0.25) is 0 Å². The van der Waals surface area contributed by atoms with E-state index in [4.69, 9.17) is 4.52 Å². The maximum Gasteiger partial charge on any atom is 0.345 e. The summed E-state index contributed by atoms with van der Waals surface area (Å²) in [5.41, 5.74) is 1.34. The highest BCUT2D eigenvalue weighted by molar-refractivity contribution is 6.08. The van der Waals surface area contributed by atoms with Gasteiger partial charge in [-0.05, 0) is 36.4 Å². The Hall–Kier alpha value is -4.80. The summed E-state index contributed by atoms with van der Waals surface area (Å²) in [5, 5.41) is 11.9. The van der Waals surface area contributed by atoms with Crippen LogP contribution in [0, 0.1) is 0 Å². The predicted molar refractivity (Wildman–Crippen MR) is 130 cm³/mol. The average Bonchev–Trinajstić information content (AvgIpc) is 3.30. The van der Waals surface area contributed by atoms with Crippen LogP contribution in [0.1, 0.15) is 36.9 Å². The molecular formula is C24H23N7O4. The van der Waals surface area contributed by atoms with Gasteiger partial charge in [-0.15, -0.1) is 0 Å². The minimum absolute atomic E-state index is 0.194. The molecule has 0 aliphatic carbocycles. The molecule has 0 atom stereocenters. The van der Waals surface area contributed by atoms with E-state index in [0.717, 1.165) is 0 Å². The second-order valence-electron chi connectivity index (χ2n) is 8.65. The van der Waals surface area contributed by atoms with Gasteiger partial charge in [0.1, 0.15) is 5.76 Å². The van der Waals surface area contributed by atoms with Gasteiger partial charge in [0.05, 0.1) is 11.3 Å². The number of benzene rings is 1. The molecule has 4 N–H and O–H groups in total. The highest BCUT2D eigenvalue weighted by Crippen LogP contribution is 2.25. The van der Waals surface area contributed by atoms with E-state index in [1.807, 2.05) is 20.8 Å². The fraction of sp³-hybridized carbons (Fsp3) is 0.167. The molecular weight excluding hydrogens is 450 g/mol. The molecule has 3 amide bonds. The third-order valence-corrected chi connectivity index (χ3v) is 4.92.